The van der Waals surface area contributed by atoms with Crippen LogP contribution in [0.25, 0.3) is 0 Å². The second-order valence-electron chi connectivity index (χ2n) is 5.63. The molecule has 0 saturated carbocycles. The van der Waals surface area contributed by atoms with Crippen molar-refractivity contribution in [2.45, 2.75) is 13.8 Å². The second kappa shape index (κ2) is 6.91. The Balaban J connectivity index is 1.68. The molecule has 24 heavy (non-hydrogen) atoms. The van der Waals surface area contributed by atoms with Gasteiger partial charge in [-0.15, -0.1) is 0 Å². The molecular weight excluding hydrogens is 300 g/mol. The fourth-order valence-corrected chi connectivity index (χ4v) is 2.44. The quantitative estimate of drug-likeness (QED) is 0.760. The molecule has 5 nitrogen and oxygen atoms in total. The van der Waals surface area contributed by atoms with E-state index in [4.69, 9.17) is 0 Å². The highest BCUT2D eigenvalue weighted by atomic mass is 16.1. The Morgan fingerprint density at radius 1 is 0.958 bits per heavy atom. The smallest absolute Gasteiger partial charge is 0.257 e. The van der Waals surface area contributed by atoms with Gasteiger partial charge in [-0.1, -0.05) is 6.07 Å². The summed E-state index contributed by atoms with van der Waals surface area (Å²) in [5.74, 6) is 0.513. The van der Waals surface area contributed by atoms with Crippen molar-refractivity contribution in [3.63, 3.8) is 0 Å². The third-order valence-electron chi connectivity index (χ3n) is 3.44. The van der Waals surface area contributed by atoms with Gasteiger partial charge in [-0.05, 0) is 61.4 Å². The second-order valence-corrected chi connectivity index (χ2v) is 5.63. The Morgan fingerprint density at radius 2 is 1.75 bits per heavy atom. The van der Waals surface area contributed by atoms with Crippen molar-refractivity contribution >= 4 is 23.1 Å². The number of amides is 1. The van der Waals surface area contributed by atoms with Gasteiger partial charge in [0.2, 0.25) is 0 Å². The van der Waals surface area contributed by atoms with Crippen LogP contribution in [0, 0.1) is 13.8 Å². The van der Waals surface area contributed by atoms with Crippen LogP contribution in [0.2, 0.25) is 0 Å². The first-order valence-corrected chi connectivity index (χ1v) is 7.63. The van der Waals surface area contributed by atoms with Crippen LogP contribution in [-0.4, -0.2) is 15.9 Å². The molecule has 0 aliphatic heterocycles. The van der Waals surface area contributed by atoms with Crippen LogP contribution in [-0.2, 0) is 0 Å². The molecule has 2 heterocycles. The monoisotopic (exact) mass is 318 g/mol. The van der Waals surface area contributed by atoms with Gasteiger partial charge in [0.1, 0.15) is 5.82 Å². The summed E-state index contributed by atoms with van der Waals surface area (Å²) in [6.07, 6.45) is 4.78. The summed E-state index contributed by atoms with van der Waals surface area (Å²) < 4.78 is 0. The summed E-state index contributed by atoms with van der Waals surface area (Å²) in [5.41, 5.74) is 4.52. The number of rotatable bonds is 4. The van der Waals surface area contributed by atoms with E-state index in [2.05, 4.69) is 52.6 Å². The molecule has 2 N–H and O–H groups in total. The molecule has 0 atom stereocenters. The fourth-order valence-electron chi connectivity index (χ4n) is 2.44. The predicted molar refractivity (Wildman–Crippen MR) is 95.6 cm³/mol. The molecule has 1 aromatic carbocycles. The lowest BCUT2D eigenvalue weighted by molar-refractivity contribution is 0.102. The molecular formula is C19H18N4O. The van der Waals surface area contributed by atoms with E-state index in [9.17, 15) is 4.79 Å². The normalized spacial score (nSPS) is 10.2. The zero-order chi connectivity index (χ0) is 16.9. The molecule has 0 unspecified atom stereocenters. The van der Waals surface area contributed by atoms with Crippen molar-refractivity contribution in [3.8, 4) is 0 Å². The van der Waals surface area contributed by atoms with Crippen LogP contribution in [0.4, 0.5) is 17.2 Å². The zero-order valence-corrected chi connectivity index (χ0v) is 13.6. The van der Waals surface area contributed by atoms with Gasteiger partial charge in [-0.25, -0.2) is 4.98 Å². The minimum atomic E-state index is -0.208. The first-order chi connectivity index (χ1) is 11.6. The largest absolute Gasteiger partial charge is 0.340 e. The van der Waals surface area contributed by atoms with E-state index in [1.807, 2.05) is 12.1 Å². The molecule has 0 radical (unpaired) electrons. The summed E-state index contributed by atoms with van der Waals surface area (Å²) in [6.45, 7) is 4.12. The molecule has 0 spiro atoms. The van der Waals surface area contributed by atoms with Crippen molar-refractivity contribution in [2.24, 2.45) is 0 Å². The number of hydrogen-bond donors (Lipinski definition) is 2. The van der Waals surface area contributed by atoms with E-state index in [1.54, 1.807) is 24.5 Å². The Kier molecular flexibility index (Phi) is 4.52. The first kappa shape index (κ1) is 15.7. The van der Waals surface area contributed by atoms with Crippen molar-refractivity contribution in [1.82, 2.24) is 9.97 Å². The molecule has 2 aromatic heterocycles. The predicted octanol–water partition coefficient (Wildman–Crippen LogP) is 4.09. The molecule has 0 saturated heterocycles. The van der Waals surface area contributed by atoms with E-state index in [0.29, 0.717) is 11.3 Å². The minimum absolute atomic E-state index is 0.208. The highest BCUT2D eigenvalue weighted by molar-refractivity contribution is 6.03. The summed E-state index contributed by atoms with van der Waals surface area (Å²) in [4.78, 5) is 20.3. The topological polar surface area (TPSA) is 66.9 Å². The van der Waals surface area contributed by atoms with Gasteiger partial charge >= 0.3 is 0 Å². The summed E-state index contributed by atoms with van der Waals surface area (Å²) in [5, 5.41) is 6.06. The van der Waals surface area contributed by atoms with Crippen molar-refractivity contribution < 1.29 is 4.79 Å². The first-order valence-electron chi connectivity index (χ1n) is 7.63. The number of benzene rings is 1. The van der Waals surface area contributed by atoms with Gasteiger partial charge in [0.05, 0.1) is 17.4 Å². The molecule has 0 aliphatic rings. The van der Waals surface area contributed by atoms with Gasteiger partial charge in [0.15, 0.2) is 0 Å². The standard InChI is InChI=1S/C19H18N4O/c1-13-8-14(2)10-17(9-13)22-18-6-5-16(12-21-18)23-19(24)15-4-3-7-20-11-15/h3-12H,1-2H3,(H,21,22)(H,23,24). The molecule has 120 valence electrons. The van der Waals surface area contributed by atoms with Gasteiger partial charge < -0.3 is 10.6 Å². The summed E-state index contributed by atoms with van der Waals surface area (Å²) >= 11 is 0. The fraction of sp³-hybridized carbons (Fsp3) is 0.105. The van der Waals surface area contributed by atoms with E-state index in [-0.39, 0.29) is 5.91 Å². The number of nitrogens with one attached hydrogen (secondary N) is 2. The SMILES string of the molecule is Cc1cc(C)cc(Nc2ccc(NC(=O)c3cccnc3)cn2)c1. The number of carbonyl (C=O) groups excluding carboxylic acids is 1. The summed E-state index contributed by atoms with van der Waals surface area (Å²) in [6, 6.07) is 13.3. The molecule has 3 rings (SSSR count). The van der Waals surface area contributed by atoms with Gasteiger partial charge in [0.25, 0.3) is 5.91 Å². The van der Waals surface area contributed by atoms with E-state index < -0.39 is 0 Å². The Labute approximate surface area is 140 Å². The highest BCUT2D eigenvalue weighted by Crippen LogP contribution is 2.19. The molecule has 3 aromatic rings. The van der Waals surface area contributed by atoms with Crippen molar-refractivity contribution in [2.75, 3.05) is 10.6 Å². The zero-order valence-electron chi connectivity index (χ0n) is 13.6. The number of pyridine rings is 2. The van der Waals surface area contributed by atoms with Crippen LogP contribution in [0.15, 0.2) is 61.1 Å². The molecule has 0 aliphatic carbocycles. The average Bonchev–Trinajstić information content (AvgIpc) is 2.56. The number of anilines is 3. The van der Waals surface area contributed by atoms with Crippen LogP contribution in [0.5, 0.6) is 0 Å². The molecule has 5 heteroatoms. The Morgan fingerprint density at radius 3 is 2.38 bits per heavy atom. The third-order valence-corrected chi connectivity index (χ3v) is 3.44. The van der Waals surface area contributed by atoms with E-state index in [1.165, 1.54) is 17.3 Å². The minimum Gasteiger partial charge on any atom is -0.340 e. The van der Waals surface area contributed by atoms with E-state index >= 15 is 0 Å². The maximum Gasteiger partial charge on any atom is 0.257 e. The number of aromatic nitrogens is 2. The number of hydrogen-bond acceptors (Lipinski definition) is 4. The van der Waals surface area contributed by atoms with Crippen LogP contribution in [0.1, 0.15) is 21.5 Å². The van der Waals surface area contributed by atoms with Gasteiger partial charge in [-0.2, -0.15) is 0 Å². The Hall–Kier alpha value is -3.21. The number of carbonyl (C=O) groups is 1. The number of aryl methyl sites for hydroxylation is 2. The van der Waals surface area contributed by atoms with E-state index in [0.717, 1.165) is 11.5 Å². The lowest BCUT2D eigenvalue weighted by Crippen LogP contribution is -2.12. The van der Waals surface area contributed by atoms with Crippen LogP contribution in [0.3, 0.4) is 0 Å². The van der Waals surface area contributed by atoms with Gasteiger partial charge in [0, 0.05) is 18.1 Å². The molecule has 0 bridgehead atoms. The van der Waals surface area contributed by atoms with Crippen LogP contribution >= 0.6 is 0 Å². The average molecular weight is 318 g/mol. The molecule has 0 fully saturated rings. The van der Waals surface area contributed by atoms with Crippen molar-refractivity contribution in [1.29, 1.82) is 0 Å². The molecule has 1 amide bonds. The third kappa shape index (κ3) is 3.95. The lowest BCUT2D eigenvalue weighted by Gasteiger charge is -2.09. The highest BCUT2D eigenvalue weighted by Gasteiger charge is 2.06. The Bertz CT molecular complexity index is 825. The number of nitrogens with zero attached hydrogens (tertiary/aromatic N) is 2. The van der Waals surface area contributed by atoms with Crippen LogP contribution < -0.4 is 10.6 Å². The lowest BCUT2D eigenvalue weighted by atomic mass is 10.1. The maximum absolute atomic E-state index is 12.1. The van der Waals surface area contributed by atoms with Gasteiger partial charge in [-0.3, -0.25) is 9.78 Å². The maximum atomic E-state index is 12.1. The van der Waals surface area contributed by atoms with Crippen molar-refractivity contribution in [3.05, 3.63) is 77.7 Å². The summed E-state index contributed by atoms with van der Waals surface area (Å²) in [7, 11) is 0.